The van der Waals surface area contributed by atoms with Crippen molar-refractivity contribution in [1.29, 1.82) is 0 Å². The quantitative estimate of drug-likeness (QED) is 0.349. The number of aromatic nitrogens is 2. The maximum absolute atomic E-state index is 6.38. The molecule has 0 aliphatic carbocycles. The van der Waals surface area contributed by atoms with Crippen molar-refractivity contribution in [3.05, 3.63) is 40.7 Å². The molecule has 0 spiro atoms. The molecule has 1 aromatic carbocycles. The van der Waals surface area contributed by atoms with Crippen molar-refractivity contribution in [2.75, 3.05) is 33.9 Å². The number of likely N-dealkylation sites (tertiary alicyclic amines) is 1. The Morgan fingerprint density at radius 3 is 2.83 bits per heavy atom. The third-order valence-electron chi connectivity index (χ3n) is 4.92. The molecule has 1 unspecified atom stereocenters. The second kappa shape index (κ2) is 10.9. The average molecular weight is 534 g/mol. The van der Waals surface area contributed by atoms with Crippen LogP contribution in [0.3, 0.4) is 0 Å². The summed E-state index contributed by atoms with van der Waals surface area (Å²) in [7, 11) is 5.38. The first-order chi connectivity index (χ1) is 13.5. The minimum absolute atomic E-state index is 0. The van der Waals surface area contributed by atoms with Crippen LogP contribution < -0.4 is 14.8 Å². The van der Waals surface area contributed by atoms with E-state index in [1.807, 2.05) is 44.0 Å². The number of halogens is 2. The molecule has 0 bridgehead atoms. The molecule has 1 N–H and O–H groups in total. The van der Waals surface area contributed by atoms with E-state index < -0.39 is 0 Å². The third kappa shape index (κ3) is 5.69. The van der Waals surface area contributed by atoms with Crippen LogP contribution in [0, 0.1) is 0 Å². The number of methoxy groups -OCH3 is 1. The second-order valence-corrected chi connectivity index (χ2v) is 7.23. The molecule has 2 heterocycles. The summed E-state index contributed by atoms with van der Waals surface area (Å²) in [6.07, 6.45) is 5.15. The Hall–Kier alpha value is -1.68. The first-order valence-corrected chi connectivity index (χ1v) is 9.86. The molecule has 0 saturated carbocycles. The van der Waals surface area contributed by atoms with Crippen molar-refractivity contribution in [3.63, 3.8) is 0 Å². The molecular formula is C20H29ClIN5O2. The highest BCUT2D eigenvalue weighted by Crippen LogP contribution is 2.36. The van der Waals surface area contributed by atoms with E-state index in [2.05, 4.69) is 26.5 Å². The minimum atomic E-state index is 0. The van der Waals surface area contributed by atoms with E-state index in [0.29, 0.717) is 35.6 Å². The lowest BCUT2D eigenvalue weighted by atomic mass is 10.0. The molecule has 160 valence electrons. The van der Waals surface area contributed by atoms with Gasteiger partial charge in [0, 0.05) is 45.8 Å². The summed E-state index contributed by atoms with van der Waals surface area (Å²) < 4.78 is 12.9. The van der Waals surface area contributed by atoms with Crippen LogP contribution in [0.4, 0.5) is 0 Å². The first-order valence-electron chi connectivity index (χ1n) is 9.49. The number of ether oxygens (including phenoxy) is 2. The van der Waals surface area contributed by atoms with Gasteiger partial charge >= 0.3 is 0 Å². The number of hydrogen-bond acceptors (Lipinski definition) is 4. The summed E-state index contributed by atoms with van der Waals surface area (Å²) in [5, 5.41) is 8.27. The van der Waals surface area contributed by atoms with Crippen LogP contribution in [0.2, 0.25) is 5.02 Å². The van der Waals surface area contributed by atoms with Crippen LogP contribution in [-0.4, -0.2) is 54.5 Å². The summed E-state index contributed by atoms with van der Waals surface area (Å²) in [5.41, 5.74) is 2.29. The van der Waals surface area contributed by atoms with Gasteiger partial charge in [0.15, 0.2) is 17.5 Å². The Labute approximate surface area is 194 Å². The Kier molecular flexibility index (Phi) is 8.88. The number of nitrogens with one attached hydrogen (secondary N) is 1. The highest BCUT2D eigenvalue weighted by atomic mass is 127. The van der Waals surface area contributed by atoms with Crippen molar-refractivity contribution in [3.8, 4) is 11.5 Å². The number of aryl methyl sites for hydroxylation is 1. The Bertz CT molecular complexity index is 842. The molecule has 29 heavy (non-hydrogen) atoms. The molecular weight excluding hydrogens is 505 g/mol. The molecule has 1 aliphatic rings. The number of benzene rings is 1. The zero-order valence-corrected chi connectivity index (χ0v) is 20.4. The zero-order valence-electron chi connectivity index (χ0n) is 17.3. The maximum Gasteiger partial charge on any atom is 0.193 e. The van der Waals surface area contributed by atoms with Gasteiger partial charge in [0.2, 0.25) is 0 Å². The van der Waals surface area contributed by atoms with Gasteiger partial charge in [-0.2, -0.15) is 5.10 Å². The predicted molar refractivity (Wildman–Crippen MR) is 127 cm³/mol. The molecule has 0 radical (unpaired) electrons. The number of guanidine groups is 1. The van der Waals surface area contributed by atoms with Crippen LogP contribution in [0.5, 0.6) is 11.5 Å². The maximum atomic E-state index is 6.38. The van der Waals surface area contributed by atoms with Crippen LogP contribution in [0.1, 0.15) is 30.4 Å². The highest BCUT2D eigenvalue weighted by Gasteiger charge is 2.27. The van der Waals surface area contributed by atoms with E-state index in [0.717, 1.165) is 31.0 Å². The molecule has 9 heteroatoms. The van der Waals surface area contributed by atoms with Crippen LogP contribution >= 0.6 is 35.6 Å². The van der Waals surface area contributed by atoms with E-state index in [9.17, 15) is 0 Å². The molecule has 1 fully saturated rings. The molecule has 7 nitrogen and oxygen atoms in total. The minimum Gasteiger partial charge on any atom is -0.493 e. The molecule has 1 saturated heterocycles. The highest BCUT2D eigenvalue weighted by molar-refractivity contribution is 14.0. The van der Waals surface area contributed by atoms with Gasteiger partial charge < -0.3 is 19.7 Å². The summed E-state index contributed by atoms with van der Waals surface area (Å²) >= 11 is 6.38. The topological polar surface area (TPSA) is 63.9 Å². The van der Waals surface area contributed by atoms with Gasteiger partial charge in [-0.1, -0.05) is 11.6 Å². The number of rotatable bonds is 6. The van der Waals surface area contributed by atoms with Crippen LogP contribution in [0.25, 0.3) is 0 Å². The van der Waals surface area contributed by atoms with Gasteiger partial charge in [-0.3, -0.25) is 9.67 Å². The lowest BCUT2D eigenvalue weighted by Gasteiger charge is -2.22. The van der Waals surface area contributed by atoms with Crippen LogP contribution in [-0.2, 0) is 13.6 Å². The van der Waals surface area contributed by atoms with Gasteiger partial charge in [0.1, 0.15) is 0 Å². The van der Waals surface area contributed by atoms with Crippen molar-refractivity contribution in [2.24, 2.45) is 12.0 Å². The molecule has 1 aromatic heterocycles. The largest absolute Gasteiger partial charge is 0.493 e. The smallest absolute Gasteiger partial charge is 0.193 e. The van der Waals surface area contributed by atoms with Crippen molar-refractivity contribution < 1.29 is 9.47 Å². The average Bonchev–Trinajstić information content (AvgIpc) is 3.33. The monoisotopic (exact) mass is 533 g/mol. The van der Waals surface area contributed by atoms with Crippen molar-refractivity contribution in [1.82, 2.24) is 20.0 Å². The summed E-state index contributed by atoms with van der Waals surface area (Å²) in [6, 6.07) is 3.84. The van der Waals surface area contributed by atoms with Gasteiger partial charge in [-0.05, 0) is 36.6 Å². The fraction of sp³-hybridized carbons (Fsp3) is 0.500. The number of nitrogens with zero attached hydrogens (tertiary/aromatic N) is 4. The second-order valence-electron chi connectivity index (χ2n) is 6.82. The lowest BCUT2D eigenvalue weighted by molar-refractivity contribution is 0.311. The van der Waals surface area contributed by atoms with Gasteiger partial charge in [-0.25, -0.2) is 0 Å². The Balaban J connectivity index is 0.00000300. The first kappa shape index (κ1) is 23.6. The van der Waals surface area contributed by atoms with E-state index in [4.69, 9.17) is 21.1 Å². The molecule has 3 rings (SSSR count). The fourth-order valence-electron chi connectivity index (χ4n) is 3.55. The normalized spacial score (nSPS) is 16.5. The standard InChI is InChI=1S/C20H28ClN5O2.HI/c1-5-28-19-17(21)8-14(9-18(19)27-4)10-23-20(22-2)26-7-6-15(13-26)16-11-24-25(3)12-16;/h8-9,11-12,15H,5-7,10,13H2,1-4H3,(H,22,23);1H. The zero-order chi connectivity index (χ0) is 20.1. The summed E-state index contributed by atoms with van der Waals surface area (Å²) in [6.45, 7) is 4.95. The fourth-order valence-corrected chi connectivity index (χ4v) is 3.84. The Morgan fingerprint density at radius 2 is 2.21 bits per heavy atom. The van der Waals surface area contributed by atoms with E-state index in [-0.39, 0.29) is 24.0 Å². The molecule has 1 aliphatic heterocycles. The third-order valence-corrected chi connectivity index (χ3v) is 5.21. The lowest BCUT2D eigenvalue weighted by Crippen LogP contribution is -2.39. The van der Waals surface area contributed by atoms with Gasteiger partial charge in [-0.15, -0.1) is 24.0 Å². The predicted octanol–water partition coefficient (Wildman–Crippen LogP) is 3.66. The van der Waals surface area contributed by atoms with Gasteiger partial charge in [0.05, 0.1) is 24.9 Å². The van der Waals surface area contributed by atoms with Gasteiger partial charge in [0.25, 0.3) is 0 Å². The molecule has 0 amide bonds. The van der Waals surface area contributed by atoms with E-state index >= 15 is 0 Å². The molecule has 1 atom stereocenters. The van der Waals surface area contributed by atoms with Crippen LogP contribution in [0.15, 0.2) is 29.5 Å². The van der Waals surface area contributed by atoms with Crippen molar-refractivity contribution in [2.45, 2.75) is 25.8 Å². The Morgan fingerprint density at radius 1 is 1.41 bits per heavy atom. The van der Waals surface area contributed by atoms with E-state index in [1.54, 1.807) is 7.11 Å². The number of hydrogen-bond donors (Lipinski definition) is 1. The molecule has 2 aromatic rings. The summed E-state index contributed by atoms with van der Waals surface area (Å²) in [5.74, 6) is 2.58. The SMILES string of the molecule is CCOc1c(Cl)cc(CNC(=NC)N2CCC(c3cnn(C)c3)C2)cc1OC.I. The van der Waals surface area contributed by atoms with Crippen molar-refractivity contribution >= 4 is 41.5 Å². The van der Waals surface area contributed by atoms with E-state index in [1.165, 1.54) is 5.56 Å². The summed E-state index contributed by atoms with van der Waals surface area (Å²) in [4.78, 5) is 6.73. The number of aliphatic imine (C=N–C) groups is 1.